The Morgan fingerprint density at radius 1 is 1.07 bits per heavy atom. The van der Waals surface area contributed by atoms with Crippen LogP contribution in [0.1, 0.15) is 37.6 Å². The molecular weight excluding hydrogens is 346 g/mol. The maximum Gasteiger partial charge on any atom is 0.223 e. The van der Waals surface area contributed by atoms with Crippen LogP contribution in [-0.4, -0.2) is 54.4 Å². The Kier molecular flexibility index (Phi) is 8.26. The van der Waals surface area contributed by atoms with Gasteiger partial charge in [0.2, 0.25) is 17.7 Å². The first kappa shape index (κ1) is 20.9. The molecule has 1 heterocycles. The van der Waals surface area contributed by atoms with E-state index in [-0.39, 0.29) is 11.9 Å². The van der Waals surface area contributed by atoms with Crippen molar-refractivity contribution in [3.8, 4) is 5.75 Å². The lowest BCUT2D eigenvalue weighted by Gasteiger charge is -2.26. The highest BCUT2D eigenvalue weighted by Crippen LogP contribution is 2.14. The largest absolute Gasteiger partial charge is 0.497 e. The van der Waals surface area contributed by atoms with Crippen molar-refractivity contribution in [3.05, 3.63) is 41.6 Å². The van der Waals surface area contributed by atoms with E-state index >= 15 is 0 Å². The zero-order valence-corrected chi connectivity index (χ0v) is 16.6. The van der Waals surface area contributed by atoms with E-state index in [1.807, 2.05) is 43.0 Å². The fourth-order valence-corrected chi connectivity index (χ4v) is 2.75. The van der Waals surface area contributed by atoms with Crippen molar-refractivity contribution in [1.29, 1.82) is 0 Å². The lowest BCUT2D eigenvalue weighted by molar-refractivity contribution is -0.133. The first-order valence-electron chi connectivity index (χ1n) is 9.26. The molecule has 0 aliphatic heterocycles. The number of ether oxygens (including phenoxy) is 2. The van der Waals surface area contributed by atoms with Crippen molar-refractivity contribution in [2.24, 2.45) is 0 Å². The summed E-state index contributed by atoms with van der Waals surface area (Å²) < 4.78 is 15.9. The molecule has 1 amide bonds. The maximum absolute atomic E-state index is 12.4. The second-order valence-corrected chi connectivity index (χ2v) is 6.61. The molecule has 2 rings (SSSR count). The highest BCUT2D eigenvalue weighted by molar-refractivity contribution is 5.76. The van der Waals surface area contributed by atoms with Gasteiger partial charge in [0.05, 0.1) is 13.7 Å². The number of methoxy groups -OCH3 is 2. The van der Waals surface area contributed by atoms with E-state index in [0.717, 1.165) is 12.2 Å². The molecule has 7 nitrogen and oxygen atoms in total. The zero-order valence-electron chi connectivity index (χ0n) is 16.6. The molecule has 0 bridgehead atoms. The molecule has 2 aromatic rings. The average Bonchev–Trinajstić information content (AvgIpc) is 3.13. The van der Waals surface area contributed by atoms with Crippen molar-refractivity contribution >= 4 is 5.91 Å². The lowest BCUT2D eigenvalue weighted by atomic mass is 10.1. The van der Waals surface area contributed by atoms with E-state index in [9.17, 15) is 4.79 Å². The summed E-state index contributed by atoms with van der Waals surface area (Å²) in [5.74, 6) is 2.00. The molecule has 0 saturated heterocycles. The van der Waals surface area contributed by atoms with Gasteiger partial charge < -0.3 is 18.8 Å². The Balaban J connectivity index is 1.81. The molecule has 0 aliphatic carbocycles. The Bertz CT molecular complexity index is 698. The minimum absolute atomic E-state index is 0.0695. The molecule has 148 valence electrons. The number of nitrogens with zero attached hydrogens (tertiary/aromatic N) is 3. The quantitative estimate of drug-likeness (QED) is 0.601. The Morgan fingerprint density at radius 3 is 2.33 bits per heavy atom. The summed E-state index contributed by atoms with van der Waals surface area (Å²) >= 11 is 0. The molecule has 27 heavy (non-hydrogen) atoms. The van der Waals surface area contributed by atoms with Crippen molar-refractivity contribution < 1.29 is 18.7 Å². The fraction of sp³-hybridized carbons (Fsp3) is 0.550. The normalized spacial score (nSPS) is 11.0. The van der Waals surface area contributed by atoms with Crippen LogP contribution in [-0.2, 0) is 28.8 Å². The minimum Gasteiger partial charge on any atom is -0.497 e. The van der Waals surface area contributed by atoms with Gasteiger partial charge in [-0.2, -0.15) is 0 Å². The summed E-state index contributed by atoms with van der Waals surface area (Å²) in [5.41, 5.74) is 1.18. The first-order valence-corrected chi connectivity index (χ1v) is 9.26. The summed E-state index contributed by atoms with van der Waals surface area (Å²) in [6.07, 6.45) is 2.27. The van der Waals surface area contributed by atoms with E-state index < -0.39 is 0 Å². The third-order valence-corrected chi connectivity index (χ3v) is 4.33. The Hall–Kier alpha value is -2.41. The molecule has 0 fully saturated rings. The lowest BCUT2D eigenvalue weighted by Crippen LogP contribution is -2.39. The Labute approximate surface area is 160 Å². The molecule has 0 spiro atoms. The molecule has 1 aromatic carbocycles. The van der Waals surface area contributed by atoms with Gasteiger partial charge in [-0.3, -0.25) is 4.79 Å². The molecule has 7 heteroatoms. The van der Waals surface area contributed by atoms with Gasteiger partial charge in [-0.05, 0) is 38.0 Å². The summed E-state index contributed by atoms with van der Waals surface area (Å²) in [6.45, 7) is 5.11. The van der Waals surface area contributed by atoms with Gasteiger partial charge in [-0.25, -0.2) is 0 Å². The number of benzene rings is 1. The van der Waals surface area contributed by atoms with E-state index in [2.05, 4.69) is 10.2 Å². The van der Waals surface area contributed by atoms with Crippen molar-refractivity contribution in [1.82, 2.24) is 15.1 Å². The van der Waals surface area contributed by atoms with Crippen molar-refractivity contribution in [2.45, 2.75) is 45.6 Å². The maximum atomic E-state index is 12.4. The van der Waals surface area contributed by atoms with Gasteiger partial charge in [0.1, 0.15) is 5.75 Å². The van der Waals surface area contributed by atoms with E-state index in [0.29, 0.717) is 44.2 Å². The SMILES string of the molecule is COCCN(C(=O)CCc1nnc(CCc2ccc(OC)cc2)o1)C(C)C. The van der Waals surface area contributed by atoms with Crippen molar-refractivity contribution in [3.63, 3.8) is 0 Å². The van der Waals surface area contributed by atoms with Gasteiger partial charge in [0.15, 0.2) is 0 Å². The van der Waals surface area contributed by atoms with Crippen LogP contribution in [0.4, 0.5) is 0 Å². The van der Waals surface area contributed by atoms with Gasteiger partial charge in [0.25, 0.3) is 0 Å². The molecular formula is C20H29N3O4. The van der Waals surface area contributed by atoms with Gasteiger partial charge in [-0.15, -0.1) is 10.2 Å². The number of carbonyl (C=O) groups excluding carboxylic acids is 1. The van der Waals surface area contributed by atoms with Crippen LogP contribution in [0.15, 0.2) is 28.7 Å². The second kappa shape index (κ2) is 10.7. The number of aromatic nitrogens is 2. The predicted octanol–water partition coefficient (Wildman–Crippen LogP) is 2.68. The zero-order chi connectivity index (χ0) is 19.6. The molecule has 0 aliphatic rings. The smallest absolute Gasteiger partial charge is 0.223 e. The minimum atomic E-state index is 0.0695. The molecule has 0 saturated carbocycles. The molecule has 0 radical (unpaired) electrons. The number of amides is 1. The predicted molar refractivity (Wildman–Crippen MR) is 102 cm³/mol. The summed E-state index contributed by atoms with van der Waals surface area (Å²) in [4.78, 5) is 14.2. The summed E-state index contributed by atoms with van der Waals surface area (Å²) in [5, 5.41) is 8.15. The average molecular weight is 375 g/mol. The number of aryl methyl sites for hydroxylation is 3. The van der Waals surface area contributed by atoms with Gasteiger partial charge in [-0.1, -0.05) is 12.1 Å². The third-order valence-electron chi connectivity index (χ3n) is 4.33. The van der Waals surface area contributed by atoms with Crippen LogP contribution in [0, 0.1) is 0 Å². The molecule has 0 atom stereocenters. The second-order valence-electron chi connectivity index (χ2n) is 6.61. The highest BCUT2D eigenvalue weighted by Gasteiger charge is 2.17. The van der Waals surface area contributed by atoms with Crippen LogP contribution >= 0.6 is 0 Å². The Morgan fingerprint density at radius 2 is 1.74 bits per heavy atom. The van der Waals surface area contributed by atoms with E-state index in [1.165, 1.54) is 5.56 Å². The molecule has 1 aromatic heterocycles. The van der Waals surface area contributed by atoms with Crippen LogP contribution in [0.3, 0.4) is 0 Å². The number of carbonyl (C=O) groups is 1. The van der Waals surface area contributed by atoms with Crippen LogP contribution < -0.4 is 4.74 Å². The number of hydrogen-bond donors (Lipinski definition) is 0. The fourth-order valence-electron chi connectivity index (χ4n) is 2.75. The molecule has 0 N–H and O–H groups in total. The van der Waals surface area contributed by atoms with E-state index in [4.69, 9.17) is 13.9 Å². The monoisotopic (exact) mass is 375 g/mol. The first-order chi connectivity index (χ1) is 13.0. The molecule has 0 unspecified atom stereocenters. The highest BCUT2D eigenvalue weighted by atomic mass is 16.5. The van der Waals surface area contributed by atoms with E-state index in [1.54, 1.807) is 14.2 Å². The van der Waals surface area contributed by atoms with Gasteiger partial charge >= 0.3 is 0 Å². The van der Waals surface area contributed by atoms with Crippen LogP contribution in [0.5, 0.6) is 5.75 Å². The van der Waals surface area contributed by atoms with Gasteiger partial charge in [0, 0.05) is 39.0 Å². The summed E-state index contributed by atoms with van der Waals surface area (Å²) in [6, 6.07) is 8.05. The third kappa shape index (κ3) is 6.67. The van der Waals surface area contributed by atoms with Crippen LogP contribution in [0.25, 0.3) is 0 Å². The summed E-state index contributed by atoms with van der Waals surface area (Å²) in [7, 11) is 3.28. The number of hydrogen-bond acceptors (Lipinski definition) is 6. The number of rotatable bonds is 11. The topological polar surface area (TPSA) is 77.7 Å². The standard InChI is InChI=1S/C20H29N3O4/c1-15(2)23(13-14-25-3)20(24)12-11-19-22-21-18(27-19)10-7-16-5-8-17(26-4)9-6-16/h5-6,8-9,15H,7,10-14H2,1-4H3. The van der Waals surface area contributed by atoms with Crippen molar-refractivity contribution in [2.75, 3.05) is 27.4 Å². The van der Waals surface area contributed by atoms with Crippen LogP contribution in [0.2, 0.25) is 0 Å².